The normalized spacial score (nSPS) is 19.2. The van der Waals surface area contributed by atoms with Crippen LogP contribution in [0, 0.1) is 5.92 Å². The maximum Gasteiger partial charge on any atom is 0.410 e. The molecule has 0 fully saturated rings. The summed E-state index contributed by atoms with van der Waals surface area (Å²) in [5.74, 6) is 0.466. The molecular formula is C16H24N2O2. The standard InChI is InChI=1S/C16H24N2O2/c1-5-12-9-13-7-6-8-17-14(13)11-18(10-12)15(19)20-16(2,3)4/h6-8,12H,5,9-11H2,1-4H3/t12-/m0/s1. The Bertz CT molecular complexity index is 480. The highest BCUT2D eigenvalue weighted by Crippen LogP contribution is 2.23. The van der Waals surface area contributed by atoms with Crippen LogP contribution in [-0.2, 0) is 17.7 Å². The molecule has 0 radical (unpaired) electrons. The van der Waals surface area contributed by atoms with Crippen LogP contribution in [-0.4, -0.2) is 28.1 Å². The number of ether oxygens (including phenoxy) is 1. The van der Waals surface area contributed by atoms with Gasteiger partial charge in [0.1, 0.15) is 5.60 Å². The van der Waals surface area contributed by atoms with Crippen molar-refractivity contribution in [2.24, 2.45) is 5.92 Å². The third-order valence-electron chi connectivity index (χ3n) is 3.54. The molecule has 20 heavy (non-hydrogen) atoms. The molecule has 0 aliphatic carbocycles. The van der Waals surface area contributed by atoms with Gasteiger partial charge in [0.25, 0.3) is 0 Å². The van der Waals surface area contributed by atoms with E-state index in [9.17, 15) is 4.79 Å². The second-order valence-electron chi connectivity index (χ2n) is 6.45. The molecule has 4 heteroatoms. The van der Waals surface area contributed by atoms with Crippen molar-refractivity contribution in [2.45, 2.75) is 52.7 Å². The Hall–Kier alpha value is -1.58. The van der Waals surface area contributed by atoms with Gasteiger partial charge in [0, 0.05) is 12.7 Å². The zero-order valence-corrected chi connectivity index (χ0v) is 12.8. The second-order valence-corrected chi connectivity index (χ2v) is 6.45. The molecule has 0 unspecified atom stereocenters. The molecular weight excluding hydrogens is 252 g/mol. The fourth-order valence-corrected chi connectivity index (χ4v) is 2.47. The van der Waals surface area contributed by atoms with Crippen molar-refractivity contribution in [3.05, 3.63) is 29.6 Å². The number of rotatable bonds is 1. The number of hydrogen-bond donors (Lipinski definition) is 0. The Morgan fingerprint density at radius 3 is 2.90 bits per heavy atom. The first-order chi connectivity index (χ1) is 9.39. The Kier molecular flexibility index (Phi) is 4.31. The van der Waals surface area contributed by atoms with E-state index in [1.807, 2.05) is 26.8 Å². The number of carbonyl (C=O) groups excluding carboxylic acids is 1. The van der Waals surface area contributed by atoms with Crippen LogP contribution < -0.4 is 0 Å². The molecule has 0 spiro atoms. The van der Waals surface area contributed by atoms with Crippen LogP contribution in [0.5, 0.6) is 0 Å². The summed E-state index contributed by atoms with van der Waals surface area (Å²) in [6.07, 6.45) is 3.58. The van der Waals surface area contributed by atoms with E-state index < -0.39 is 5.60 Å². The summed E-state index contributed by atoms with van der Waals surface area (Å²) in [5.41, 5.74) is 1.79. The van der Waals surface area contributed by atoms with Crippen LogP contribution in [0.15, 0.2) is 18.3 Å². The molecule has 2 rings (SSSR count). The average Bonchev–Trinajstić information content (AvgIpc) is 2.55. The van der Waals surface area contributed by atoms with Gasteiger partial charge in [-0.25, -0.2) is 4.79 Å². The second kappa shape index (κ2) is 5.81. The molecule has 1 aliphatic heterocycles. The Morgan fingerprint density at radius 2 is 2.25 bits per heavy atom. The van der Waals surface area contributed by atoms with E-state index in [0.717, 1.165) is 25.1 Å². The third kappa shape index (κ3) is 3.71. The molecule has 2 heterocycles. The summed E-state index contributed by atoms with van der Waals surface area (Å²) < 4.78 is 5.50. The minimum absolute atomic E-state index is 0.241. The van der Waals surface area contributed by atoms with Gasteiger partial charge in [-0.3, -0.25) is 4.98 Å². The van der Waals surface area contributed by atoms with E-state index in [1.165, 1.54) is 5.56 Å². The summed E-state index contributed by atoms with van der Waals surface area (Å²) in [6, 6.07) is 4.08. The maximum atomic E-state index is 12.3. The number of nitrogens with zero attached hydrogens (tertiary/aromatic N) is 2. The van der Waals surface area contributed by atoms with Crippen molar-refractivity contribution in [3.63, 3.8) is 0 Å². The van der Waals surface area contributed by atoms with Gasteiger partial charge in [0.2, 0.25) is 0 Å². The molecule has 1 aliphatic rings. The molecule has 1 amide bonds. The topological polar surface area (TPSA) is 42.4 Å². The largest absolute Gasteiger partial charge is 0.444 e. The van der Waals surface area contributed by atoms with Crippen molar-refractivity contribution in [1.82, 2.24) is 9.88 Å². The molecule has 110 valence electrons. The van der Waals surface area contributed by atoms with E-state index >= 15 is 0 Å². The number of hydrogen-bond acceptors (Lipinski definition) is 3. The first kappa shape index (κ1) is 14.8. The molecule has 0 aromatic carbocycles. The Balaban J connectivity index is 2.20. The highest BCUT2D eigenvalue weighted by Gasteiger charge is 2.28. The molecule has 1 aromatic rings. The monoisotopic (exact) mass is 276 g/mol. The van der Waals surface area contributed by atoms with Gasteiger partial charge in [-0.15, -0.1) is 0 Å². The van der Waals surface area contributed by atoms with Crippen LogP contribution in [0.25, 0.3) is 0 Å². The molecule has 1 aromatic heterocycles. The van der Waals surface area contributed by atoms with Gasteiger partial charge in [0.15, 0.2) is 0 Å². The molecule has 0 N–H and O–H groups in total. The smallest absolute Gasteiger partial charge is 0.410 e. The van der Waals surface area contributed by atoms with Gasteiger partial charge >= 0.3 is 6.09 Å². The minimum Gasteiger partial charge on any atom is -0.444 e. The lowest BCUT2D eigenvalue weighted by molar-refractivity contribution is 0.0207. The van der Waals surface area contributed by atoms with Gasteiger partial charge < -0.3 is 9.64 Å². The maximum absolute atomic E-state index is 12.3. The molecule has 0 bridgehead atoms. The van der Waals surface area contributed by atoms with E-state index in [-0.39, 0.29) is 6.09 Å². The van der Waals surface area contributed by atoms with E-state index in [0.29, 0.717) is 12.5 Å². The van der Waals surface area contributed by atoms with Crippen LogP contribution in [0.4, 0.5) is 4.79 Å². The SMILES string of the molecule is CC[C@H]1Cc2cccnc2CN(C(=O)OC(C)(C)C)C1. The fraction of sp³-hybridized carbons (Fsp3) is 0.625. The van der Waals surface area contributed by atoms with Crippen molar-refractivity contribution in [2.75, 3.05) is 6.54 Å². The fourth-order valence-electron chi connectivity index (χ4n) is 2.47. The molecule has 0 saturated heterocycles. The van der Waals surface area contributed by atoms with E-state index in [4.69, 9.17) is 4.74 Å². The lowest BCUT2D eigenvalue weighted by Gasteiger charge is -2.28. The average molecular weight is 276 g/mol. The van der Waals surface area contributed by atoms with Crippen LogP contribution in [0.1, 0.15) is 45.4 Å². The van der Waals surface area contributed by atoms with Crippen LogP contribution in [0.3, 0.4) is 0 Å². The van der Waals surface area contributed by atoms with Gasteiger partial charge in [-0.2, -0.15) is 0 Å². The van der Waals surface area contributed by atoms with Crippen molar-refractivity contribution in [1.29, 1.82) is 0 Å². The summed E-state index contributed by atoms with van der Waals surface area (Å²) >= 11 is 0. The summed E-state index contributed by atoms with van der Waals surface area (Å²) in [4.78, 5) is 18.5. The minimum atomic E-state index is -0.460. The van der Waals surface area contributed by atoms with Crippen molar-refractivity contribution >= 4 is 6.09 Å². The van der Waals surface area contributed by atoms with E-state index in [1.54, 1.807) is 11.1 Å². The quantitative estimate of drug-likeness (QED) is 0.789. The first-order valence-electron chi connectivity index (χ1n) is 7.29. The first-order valence-corrected chi connectivity index (χ1v) is 7.29. The Morgan fingerprint density at radius 1 is 1.50 bits per heavy atom. The summed E-state index contributed by atoms with van der Waals surface area (Å²) in [7, 11) is 0. The number of fused-ring (bicyclic) bond motifs is 1. The molecule has 1 atom stereocenters. The zero-order chi connectivity index (χ0) is 14.8. The lowest BCUT2D eigenvalue weighted by Crippen LogP contribution is -2.38. The van der Waals surface area contributed by atoms with Crippen molar-refractivity contribution < 1.29 is 9.53 Å². The van der Waals surface area contributed by atoms with Gasteiger partial charge in [-0.05, 0) is 44.7 Å². The van der Waals surface area contributed by atoms with Crippen molar-refractivity contribution in [3.8, 4) is 0 Å². The predicted octanol–water partition coefficient (Wildman–Crippen LogP) is 3.40. The van der Waals surface area contributed by atoms with Crippen LogP contribution in [0.2, 0.25) is 0 Å². The Labute approximate surface area is 121 Å². The molecule has 4 nitrogen and oxygen atoms in total. The highest BCUT2D eigenvalue weighted by atomic mass is 16.6. The van der Waals surface area contributed by atoms with E-state index in [2.05, 4.69) is 18.0 Å². The number of carbonyl (C=O) groups is 1. The third-order valence-corrected chi connectivity index (χ3v) is 3.54. The van der Waals surface area contributed by atoms with Gasteiger partial charge in [0.05, 0.1) is 12.2 Å². The van der Waals surface area contributed by atoms with Crippen LogP contribution >= 0.6 is 0 Å². The highest BCUT2D eigenvalue weighted by molar-refractivity contribution is 5.68. The summed E-state index contributed by atoms with van der Waals surface area (Å²) in [5, 5.41) is 0. The lowest BCUT2D eigenvalue weighted by atomic mass is 9.97. The molecule has 0 saturated carbocycles. The predicted molar refractivity (Wildman–Crippen MR) is 78.4 cm³/mol. The number of aromatic nitrogens is 1. The number of amides is 1. The number of pyridine rings is 1. The summed E-state index contributed by atoms with van der Waals surface area (Å²) in [6.45, 7) is 9.13. The van der Waals surface area contributed by atoms with Gasteiger partial charge in [-0.1, -0.05) is 19.4 Å². The zero-order valence-electron chi connectivity index (χ0n) is 12.8.